The van der Waals surface area contributed by atoms with Crippen LogP contribution in [0.2, 0.25) is 0 Å². The molecule has 3 fully saturated rings. The zero-order valence-corrected chi connectivity index (χ0v) is 21.9. The van der Waals surface area contributed by atoms with Crippen molar-refractivity contribution in [2.45, 2.75) is 103 Å². The van der Waals surface area contributed by atoms with Gasteiger partial charge in [0.05, 0.1) is 11.7 Å². The van der Waals surface area contributed by atoms with Gasteiger partial charge in [-0.1, -0.05) is 44.1 Å². The fourth-order valence-corrected chi connectivity index (χ4v) is 7.96. The lowest BCUT2D eigenvalue weighted by molar-refractivity contribution is -0.183. The van der Waals surface area contributed by atoms with Gasteiger partial charge in [0.25, 0.3) is 0 Å². The highest BCUT2D eigenvalue weighted by molar-refractivity contribution is 5.40. The maximum absolute atomic E-state index is 11.6. The standard InChI is InChI=1S/C28H44O7/c1-15(24(2,3)32)21(30)23(31)27(6,33)22-20(29)13-19-17-8-7-16-14-28(34,35)12-11-25(16,4)18(17)9-10-26(19,22)5/h7-8,15,18-20,22,29-35H,9-14H2,1-6H3/b23-21+/t15-,18-,19-,20?,22-,25-,26-,27+/m0/s1. The van der Waals surface area contributed by atoms with E-state index >= 15 is 0 Å². The zero-order valence-electron chi connectivity index (χ0n) is 21.9. The summed E-state index contributed by atoms with van der Waals surface area (Å²) < 4.78 is 0. The van der Waals surface area contributed by atoms with Crippen LogP contribution in [0.3, 0.4) is 0 Å². The molecular weight excluding hydrogens is 448 g/mol. The first-order valence-electron chi connectivity index (χ1n) is 13.0. The summed E-state index contributed by atoms with van der Waals surface area (Å²) in [5.74, 6) is -4.05. The minimum absolute atomic E-state index is 0.0149. The number of hydrogen-bond acceptors (Lipinski definition) is 7. The highest BCUT2D eigenvalue weighted by Gasteiger charge is 2.64. The molecule has 0 aromatic heterocycles. The second-order valence-electron chi connectivity index (χ2n) is 13.1. The van der Waals surface area contributed by atoms with E-state index in [-0.39, 0.29) is 23.7 Å². The molecule has 7 heteroatoms. The van der Waals surface area contributed by atoms with Crippen molar-refractivity contribution in [2.75, 3.05) is 0 Å². The van der Waals surface area contributed by atoms with Gasteiger partial charge in [0.15, 0.2) is 11.5 Å². The molecule has 0 aliphatic heterocycles. The minimum atomic E-state index is -1.89. The summed E-state index contributed by atoms with van der Waals surface area (Å²) >= 11 is 0. The van der Waals surface area contributed by atoms with Crippen molar-refractivity contribution in [3.05, 3.63) is 34.8 Å². The van der Waals surface area contributed by atoms with Gasteiger partial charge in [0.2, 0.25) is 0 Å². The third-order valence-corrected chi connectivity index (χ3v) is 10.4. The van der Waals surface area contributed by atoms with Crippen molar-refractivity contribution in [2.24, 2.45) is 34.5 Å². The molecule has 0 radical (unpaired) electrons. The van der Waals surface area contributed by atoms with Crippen molar-refractivity contribution >= 4 is 0 Å². The number of allylic oxidation sites excluding steroid dienone is 3. The van der Waals surface area contributed by atoms with E-state index in [1.807, 2.05) is 6.08 Å². The van der Waals surface area contributed by atoms with Crippen LogP contribution in [0.4, 0.5) is 0 Å². The Labute approximate surface area is 208 Å². The average Bonchev–Trinajstić information content (AvgIpc) is 3.02. The SMILES string of the molecule is C[C@@H](/C(O)=C(\O)[C@](C)(O)[C@H]1C(O)C[C@H]2C3=CC=C4CC(O)(O)CC[C@]4(C)[C@H]3CC[C@@]21C)C(C)(C)O. The molecule has 4 rings (SSSR count). The Kier molecular flexibility index (Phi) is 6.14. The van der Waals surface area contributed by atoms with E-state index in [0.29, 0.717) is 19.3 Å². The van der Waals surface area contributed by atoms with Crippen LogP contribution in [0.25, 0.3) is 0 Å². The van der Waals surface area contributed by atoms with Gasteiger partial charge in [-0.05, 0) is 69.1 Å². The van der Waals surface area contributed by atoms with Crippen molar-refractivity contribution in [3.63, 3.8) is 0 Å². The van der Waals surface area contributed by atoms with Crippen LogP contribution in [0.5, 0.6) is 0 Å². The summed E-state index contributed by atoms with van der Waals surface area (Å²) in [6, 6.07) is 0. The first-order chi connectivity index (χ1) is 15.9. The molecule has 0 saturated heterocycles. The molecule has 0 aromatic carbocycles. The van der Waals surface area contributed by atoms with Crippen molar-refractivity contribution in [1.82, 2.24) is 0 Å². The lowest BCUT2D eigenvalue weighted by Crippen LogP contribution is -2.53. The molecule has 35 heavy (non-hydrogen) atoms. The normalized spacial score (nSPS) is 41.9. The summed E-state index contributed by atoms with van der Waals surface area (Å²) in [7, 11) is 0. The summed E-state index contributed by atoms with van der Waals surface area (Å²) in [5, 5.41) is 75.5. The molecule has 0 spiro atoms. The topological polar surface area (TPSA) is 142 Å². The van der Waals surface area contributed by atoms with Crippen LogP contribution in [-0.4, -0.2) is 58.8 Å². The van der Waals surface area contributed by atoms with Crippen molar-refractivity contribution in [3.8, 4) is 0 Å². The first-order valence-corrected chi connectivity index (χ1v) is 13.0. The van der Waals surface area contributed by atoms with Gasteiger partial charge in [-0.3, -0.25) is 0 Å². The fourth-order valence-electron chi connectivity index (χ4n) is 7.96. The van der Waals surface area contributed by atoms with Crippen LogP contribution < -0.4 is 0 Å². The molecule has 7 N–H and O–H groups in total. The number of aliphatic hydroxyl groups is 7. The van der Waals surface area contributed by atoms with E-state index in [0.717, 1.165) is 18.4 Å². The second kappa shape index (κ2) is 8.06. The van der Waals surface area contributed by atoms with E-state index in [9.17, 15) is 35.7 Å². The second-order valence-corrected chi connectivity index (χ2v) is 13.1. The maximum Gasteiger partial charge on any atom is 0.166 e. The molecule has 4 aliphatic carbocycles. The molecule has 0 amide bonds. The van der Waals surface area contributed by atoms with Crippen molar-refractivity contribution < 1.29 is 35.7 Å². The molecule has 198 valence electrons. The van der Waals surface area contributed by atoms with E-state index in [1.165, 1.54) is 26.3 Å². The summed E-state index contributed by atoms with van der Waals surface area (Å²) in [5.41, 5.74) is -1.61. The molecule has 8 atom stereocenters. The third kappa shape index (κ3) is 3.98. The average molecular weight is 493 g/mol. The Hall–Kier alpha value is -1.38. The van der Waals surface area contributed by atoms with Crippen molar-refractivity contribution in [1.29, 1.82) is 0 Å². The van der Waals surface area contributed by atoms with Crippen LogP contribution in [0.1, 0.15) is 80.1 Å². The number of fused-ring (bicyclic) bond motifs is 5. The highest BCUT2D eigenvalue weighted by Crippen LogP contribution is 2.67. The molecule has 4 aliphatic rings. The van der Waals surface area contributed by atoms with Gasteiger partial charge in [-0.15, -0.1) is 0 Å². The number of hydrogen-bond donors (Lipinski definition) is 7. The molecule has 3 saturated carbocycles. The van der Waals surface area contributed by atoms with Crippen LogP contribution in [0.15, 0.2) is 34.8 Å². The fraction of sp³-hybridized carbons (Fsp3) is 0.786. The predicted octanol–water partition coefficient (Wildman–Crippen LogP) is 3.62. The quantitative estimate of drug-likeness (QED) is 0.235. The van der Waals surface area contributed by atoms with Crippen LogP contribution in [-0.2, 0) is 0 Å². The molecule has 1 unspecified atom stereocenters. The largest absolute Gasteiger partial charge is 0.508 e. The van der Waals surface area contributed by atoms with Crippen LogP contribution in [0, 0.1) is 34.5 Å². The Morgan fingerprint density at radius 2 is 1.63 bits per heavy atom. The lowest BCUT2D eigenvalue weighted by atomic mass is 9.49. The third-order valence-electron chi connectivity index (χ3n) is 10.4. The summed E-state index contributed by atoms with van der Waals surface area (Å²) in [4.78, 5) is 0. The number of rotatable bonds is 4. The Morgan fingerprint density at radius 3 is 2.23 bits per heavy atom. The van der Waals surface area contributed by atoms with Gasteiger partial charge >= 0.3 is 0 Å². The summed E-state index contributed by atoms with van der Waals surface area (Å²) in [6.45, 7) is 10.3. The first kappa shape index (κ1) is 26.7. The predicted molar refractivity (Wildman–Crippen MR) is 132 cm³/mol. The Balaban J connectivity index is 1.71. The monoisotopic (exact) mass is 492 g/mol. The van der Waals surface area contributed by atoms with E-state index in [1.54, 1.807) is 6.92 Å². The van der Waals surface area contributed by atoms with Gasteiger partial charge in [0.1, 0.15) is 11.4 Å². The van der Waals surface area contributed by atoms with Crippen LogP contribution >= 0.6 is 0 Å². The van der Waals surface area contributed by atoms with E-state index in [4.69, 9.17) is 0 Å². The Bertz CT molecular complexity index is 968. The van der Waals surface area contributed by atoms with Gasteiger partial charge in [-0.25, -0.2) is 0 Å². The zero-order chi connectivity index (χ0) is 26.4. The molecule has 7 nitrogen and oxygen atoms in total. The van der Waals surface area contributed by atoms with E-state index < -0.39 is 51.9 Å². The lowest BCUT2D eigenvalue weighted by Gasteiger charge is -2.56. The Morgan fingerprint density at radius 1 is 1.00 bits per heavy atom. The molecule has 0 aromatic rings. The minimum Gasteiger partial charge on any atom is -0.508 e. The van der Waals surface area contributed by atoms with Gasteiger partial charge in [-0.2, -0.15) is 0 Å². The smallest absolute Gasteiger partial charge is 0.166 e. The van der Waals surface area contributed by atoms with Gasteiger partial charge in [0, 0.05) is 24.7 Å². The molecule has 0 bridgehead atoms. The summed E-state index contributed by atoms with van der Waals surface area (Å²) in [6.07, 6.45) is 6.44. The van der Waals surface area contributed by atoms with E-state index in [2.05, 4.69) is 19.9 Å². The molecular formula is C28H44O7. The number of aliphatic hydroxyl groups excluding tert-OH is 3. The van der Waals surface area contributed by atoms with Gasteiger partial charge < -0.3 is 35.7 Å². The molecule has 0 heterocycles. The maximum atomic E-state index is 11.6. The highest BCUT2D eigenvalue weighted by atomic mass is 16.5.